The van der Waals surface area contributed by atoms with Gasteiger partial charge in [0, 0.05) is 15.9 Å². The van der Waals surface area contributed by atoms with Crippen LogP contribution in [0.15, 0.2) is 80.3 Å². The van der Waals surface area contributed by atoms with Crippen molar-refractivity contribution in [2.75, 3.05) is 14.2 Å². The highest BCUT2D eigenvalue weighted by atomic mass is 32.2. The molecule has 3 aromatic carbocycles. The lowest BCUT2D eigenvalue weighted by Crippen LogP contribution is -2.16. The van der Waals surface area contributed by atoms with E-state index in [1.165, 1.54) is 12.1 Å². The molecule has 1 aliphatic carbocycles. The van der Waals surface area contributed by atoms with Gasteiger partial charge in [-0.3, -0.25) is 9.59 Å². The van der Waals surface area contributed by atoms with Crippen LogP contribution in [0.25, 0.3) is 0 Å². The van der Waals surface area contributed by atoms with Crippen molar-refractivity contribution in [1.82, 2.24) is 0 Å². The Kier molecular flexibility index (Phi) is 6.16. The number of benzene rings is 3. The summed E-state index contributed by atoms with van der Waals surface area (Å²) in [5.41, 5.74) is -0.379. The summed E-state index contributed by atoms with van der Waals surface area (Å²) in [6, 6.07) is 15.4. The van der Waals surface area contributed by atoms with Crippen LogP contribution < -0.4 is 9.47 Å². The molecule has 3 aromatic rings. The van der Waals surface area contributed by atoms with Crippen molar-refractivity contribution < 1.29 is 29.3 Å². The average Bonchev–Trinajstić information content (AvgIpc) is 2.80. The van der Waals surface area contributed by atoms with E-state index in [1.54, 1.807) is 62.8 Å². The van der Waals surface area contributed by atoms with Gasteiger partial charge < -0.3 is 19.7 Å². The van der Waals surface area contributed by atoms with Crippen LogP contribution >= 0.6 is 23.5 Å². The number of ketones is 2. The van der Waals surface area contributed by atoms with Gasteiger partial charge in [-0.1, -0.05) is 23.5 Å². The highest BCUT2D eigenvalue weighted by molar-refractivity contribution is 8.04. The number of hydrogen-bond acceptors (Lipinski definition) is 8. The molecule has 0 aromatic heterocycles. The third-order valence-electron chi connectivity index (χ3n) is 4.78. The van der Waals surface area contributed by atoms with E-state index in [0.717, 1.165) is 33.3 Å². The van der Waals surface area contributed by atoms with E-state index < -0.39 is 11.6 Å². The first-order chi connectivity index (χ1) is 15.4. The smallest absolute Gasteiger partial charge is 0.204 e. The zero-order valence-corrected chi connectivity index (χ0v) is 18.8. The third kappa shape index (κ3) is 4.19. The molecule has 2 N–H and O–H groups in total. The van der Waals surface area contributed by atoms with Crippen LogP contribution in [-0.4, -0.2) is 36.0 Å². The Morgan fingerprint density at radius 2 is 1.28 bits per heavy atom. The first kappa shape index (κ1) is 21.9. The van der Waals surface area contributed by atoms with E-state index in [2.05, 4.69) is 0 Å². The molecule has 0 heterocycles. The predicted octanol–water partition coefficient (Wildman–Crippen LogP) is 5.32. The number of hydrogen-bond donors (Lipinski definition) is 2. The van der Waals surface area contributed by atoms with Crippen LogP contribution in [0.3, 0.4) is 0 Å². The van der Waals surface area contributed by atoms with E-state index in [4.69, 9.17) is 9.47 Å². The average molecular weight is 467 g/mol. The minimum Gasteiger partial charge on any atom is -0.507 e. The van der Waals surface area contributed by atoms with Gasteiger partial charge in [0.05, 0.1) is 35.1 Å². The molecular weight excluding hydrogens is 448 g/mol. The summed E-state index contributed by atoms with van der Waals surface area (Å²) in [6.45, 7) is 0. The molecule has 6 nitrogen and oxygen atoms in total. The molecule has 8 heteroatoms. The summed E-state index contributed by atoms with van der Waals surface area (Å²) < 4.78 is 10.3. The molecule has 0 atom stereocenters. The fourth-order valence-electron chi connectivity index (χ4n) is 3.18. The van der Waals surface area contributed by atoms with Crippen molar-refractivity contribution in [1.29, 1.82) is 0 Å². The van der Waals surface area contributed by atoms with Crippen molar-refractivity contribution in [2.24, 2.45) is 0 Å². The Bertz CT molecular complexity index is 1230. The Balaban J connectivity index is 1.65. The molecule has 0 aliphatic heterocycles. The second kappa shape index (κ2) is 9.02. The number of aromatic hydroxyl groups is 2. The van der Waals surface area contributed by atoms with Crippen LogP contribution in [0.5, 0.6) is 23.0 Å². The molecular formula is C24H18O6S2. The fraction of sp³-hybridized carbons (Fsp3) is 0.0833. The van der Waals surface area contributed by atoms with Gasteiger partial charge in [-0.25, -0.2) is 0 Å². The van der Waals surface area contributed by atoms with E-state index >= 15 is 0 Å². The van der Waals surface area contributed by atoms with E-state index in [0.29, 0.717) is 11.5 Å². The van der Waals surface area contributed by atoms with Gasteiger partial charge in [0.25, 0.3) is 0 Å². The summed E-state index contributed by atoms with van der Waals surface area (Å²) in [5.74, 6) is -0.395. The fourth-order valence-corrected chi connectivity index (χ4v) is 4.96. The standard InChI is InChI=1S/C24H18O6S2/c1-29-13-3-7-15(8-4-13)31-19-11-17(25)22-21(23(19)27)18(26)12-20(24(22)28)32-16-9-5-14(30-2)6-10-16/h3-12,25,27H,1-2H3. The first-order valence-corrected chi connectivity index (χ1v) is 11.1. The number of Topliss-reactive ketones (excluding diaryl/α,β-unsaturated/α-hetero) is 1. The summed E-state index contributed by atoms with van der Waals surface area (Å²) in [7, 11) is 3.12. The zero-order valence-electron chi connectivity index (χ0n) is 17.1. The molecule has 0 radical (unpaired) electrons. The first-order valence-electron chi connectivity index (χ1n) is 9.44. The quantitative estimate of drug-likeness (QED) is 0.472. The van der Waals surface area contributed by atoms with E-state index in [-0.39, 0.29) is 32.4 Å². The maximum atomic E-state index is 13.0. The van der Waals surface area contributed by atoms with Crippen molar-refractivity contribution in [3.8, 4) is 23.0 Å². The van der Waals surface area contributed by atoms with Gasteiger partial charge in [-0.15, -0.1) is 0 Å². The van der Waals surface area contributed by atoms with Crippen LogP contribution in [0, 0.1) is 0 Å². The Morgan fingerprint density at radius 1 is 0.750 bits per heavy atom. The van der Waals surface area contributed by atoms with Crippen LogP contribution in [-0.2, 0) is 0 Å². The molecule has 32 heavy (non-hydrogen) atoms. The SMILES string of the molecule is COc1ccc(SC2=CC(=O)c3c(O)c(Sc4ccc(OC)cc4)cc(O)c3C2=O)cc1. The van der Waals surface area contributed by atoms with E-state index in [9.17, 15) is 19.8 Å². The minimum absolute atomic E-state index is 0.165. The molecule has 0 spiro atoms. The Hall–Kier alpha value is -3.36. The number of allylic oxidation sites excluding steroid dienone is 2. The largest absolute Gasteiger partial charge is 0.507 e. The number of carbonyl (C=O) groups excluding carboxylic acids is 2. The molecule has 0 saturated carbocycles. The van der Waals surface area contributed by atoms with Crippen molar-refractivity contribution >= 4 is 35.1 Å². The second-order valence-corrected chi connectivity index (χ2v) is 8.98. The van der Waals surface area contributed by atoms with Gasteiger partial charge in [-0.2, -0.15) is 0 Å². The third-order valence-corrected chi connectivity index (χ3v) is 6.85. The van der Waals surface area contributed by atoms with Crippen LogP contribution in [0.2, 0.25) is 0 Å². The van der Waals surface area contributed by atoms with Crippen LogP contribution in [0.1, 0.15) is 20.7 Å². The van der Waals surface area contributed by atoms with E-state index in [1.807, 2.05) is 0 Å². The Labute approximate surface area is 192 Å². The summed E-state index contributed by atoms with van der Waals surface area (Å²) in [5, 5.41) is 21.4. The van der Waals surface area contributed by atoms with Crippen molar-refractivity contribution in [3.05, 3.63) is 76.7 Å². The number of fused-ring (bicyclic) bond motifs is 1. The number of phenols is 2. The minimum atomic E-state index is -0.541. The molecule has 1 aliphatic rings. The normalized spacial score (nSPS) is 12.9. The Morgan fingerprint density at radius 3 is 1.81 bits per heavy atom. The highest BCUT2D eigenvalue weighted by Gasteiger charge is 2.33. The monoisotopic (exact) mass is 466 g/mol. The number of methoxy groups -OCH3 is 2. The number of phenolic OH excluding ortho intramolecular Hbond substituents is 2. The molecule has 0 fully saturated rings. The molecule has 0 bridgehead atoms. The van der Waals surface area contributed by atoms with Gasteiger partial charge in [0.2, 0.25) is 5.78 Å². The molecule has 0 amide bonds. The van der Waals surface area contributed by atoms with Crippen LogP contribution in [0.4, 0.5) is 0 Å². The number of thioether (sulfide) groups is 1. The number of carbonyl (C=O) groups is 2. The summed E-state index contributed by atoms with van der Waals surface area (Å²) in [4.78, 5) is 27.8. The lowest BCUT2D eigenvalue weighted by Gasteiger charge is -2.19. The molecule has 0 unspecified atom stereocenters. The maximum absolute atomic E-state index is 13.0. The van der Waals surface area contributed by atoms with Gasteiger partial charge in [0.1, 0.15) is 23.0 Å². The molecule has 4 rings (SSSR count). The molecule has 162 valence electrons. The molecule has 0 saturated heterocycles. The zero-order chi connectivity index (χ0) is 22.8. The number of ether oxygens (including phenoxy) is 2. The number of rotatable bonds is 6. The van der Waals surface area contributed by atoms with Gasteiger partial charge in [-0.05, 0) is 54.6 Å². The summed E-state index contributed by atoms with van der Waals surface area (Å²) in [6.07, 6.45) is 1.19. The maximum Gasteiger partial charge on any atom is 0.204 e. The summed E-state index contributed by atoms with van der Waals surface area (Å²) >= 11 is 2.27. The van der Waals surface area contributed by atoms with Gasteiger partial charge in [0.15, 0.2) is 5.78 Å². The topological polar surface area (TPSA) is 93.1 Å². The van der Waals surface area contributed by atoms with Crippen molar-refractivity contribution in [2.45, 2.75) is 14.7 Å². The second-order valence-electron chi connectivity index (χ2n) is 6.75. The lowest BCUT2D eigenvalue weighted by molar-refractivity contribution is 0.0986. The highest BCUT2D eigenvalue weighted by Crippen LogP contribution is 2.46. The predicted molar refractivity (Wildman–Crippen MR) is 122 cm³/mol. The van der Waals surface area contributed by atoms with Gasteiger partial charge >= 0.3 is 0 Å². The lowest BCUT2D eigenvalue weighted by atomic mass is 9.93. The van der Waals surface area contributed by atoms with Crippen molar-refractivity contribution in [3.63, 3.8) is 0 Å².